The van der Waals surface area contributed by atoms with Gasteiger partial charge in [-0.2, -0.15) is 13.2 Å². The number of halogens is 5. The van der Waals surface area contributed by atoms with Crippen molar-refractivity contribution in [3.63, 3.8) is 0 Å². The third-order valence-corrected chi connectivity index (χ3v) is 2.65. The molecule has 8 heteroatoms. The van der Waals surface area contributed by atoms with E-state index in [1.165, 1.54) is 25.1 Å². The number of benzene rings is 1. The monoisotopic (exact) mass is 342 g/mol. The Morgan fingerprint density at radius 1 is 1.42 bits per heavy atom. The molecule has 0 radical (unpaired) electrons. The third-order valence-electron chi connectivity index (χ3n) is 2.16. The van der Waals surface area contributed by atoms with Gasteiger partial charge in [0.15, 0.2) is 0 Å². The van der Waals surface area contributed by atoms with Gasteiger partial charge in [-0.1, -0.05) is 15.9 Å². The van der Waals surface area contributed by atoms with E-state index in [0.717, 1.165) is 0 Å². The molecule has 106 valence electrons. The van der Waals surface area contributed by atoms with Crippen LogP contribution in [0.3, 0.4) is 0 Å². The first kappa shape index (κ1) is 15.7. The van der Waals surface area contributed by atoms with E-state index < -0.39 is 30.5 Å². The first-order valence-electron chi connectivity index (χ1n) is 5.25. The van der Waals surface area contributed by atoms with Gasteiger partial charge < -0.3 is 10.6 Å². The average Bonchev–Trinajstić information content (AvgIpc) is 2.29. The van der Waals surface area contributed by atoms with E-state index in [4.69, 9.17) is 0 Å². The minimum absolute atomic E-state index is 0.0315. The topological polar surface area (TPSA) is 41.1 Å². The van der Waals surface area contributed by atoms with Crippen LogP contribution in [0.25, 0.3) is 0 Å². The molecule has 0 fully saturated rings. The summed E-state index contributed by atoms with van der Waals surface area (Å²) < 4.78 is 49.7. The summed E-state index contributed by atoms with van der Waals surface area (Å²) in [5.74, 6) is -1.46. The van der Waals surface area contributed by atoms with Crippen LogP contribution in [0.15, 0.2) is 22.7 Å². The van der Waals surface area contributed by atoms with Gasteiger partial charge in [0.25, 0.3) is 0 Å². The Balaban J connectivity index is 2.61. The van der Waals surface area contributed by atoms with E-state index in [-0.39, 0.29) is 5.69 Å². The number of nitrogens with one attached hydrogen (secondary N) is 2. The Hall–Kier alpha value is -1.31. The lowest BCUT2D eigenvalue weighted by Crippen LogP contribution is -2.42. The number of anilines is 1. The molecule has 1 rings (SSSR count). The van der Waals surface area contributed by atoms with E-state index in [2.05, 4.69) is 21.2 Å². The molecule has 0 bridgehead atoms. The predicted molar refractivity (Wildman–Crippen MR) is 66.2 cm³/mol. The highest BCUT2D eigenvalue weighted by Crippen LogP contribution is 2.20. The molecule has 0 spiro atoms. The van der Waals surface area contributed by atoms with Crippen molar-refractivity contribution in [2.24, 2.45) is 0 Å². The van der Waals surface area contributed by atoms with E-state index in [9.17, 15) is 22.4 Å². The predicted octanol–water partition coefficient (Wildman–Crippen LogP) is 3.07. The van der Waals surface area contributed by atoms with E-state index in [1.54, 1.807) is 5.32 Å². The second-order valence-corrected chi connectivity index (χ2v) is 4.74. The summed E-state index contributed by atoms with van der Waals surface area (Å²) in [4.78, 5) is 11.4. The van der Waals surface area contributed by atoms with Crippen LogP contribution in [0.2, 0.25) is 0 Å². The summed E-state index contributed by atoms with van der Waals surface area (Å²) in [7, 11) is 0. The number of rotatable bonds is 4. The third kappa shape index (κ3) is 5.46. The summed E-state index contributed by atoms with van der Waals surface area (Å²) >= 11 is 3.12. The molecule has 1 atom stereocenters. The highest BCUT2D eigenvalue weighted by molar-refractivity contribution is 9.10. The zero-order chi connectivity index (χ0) is 14.6. The van der Waals surface area contributed by atoms with Crippen LogP contribution in [0.4, 0.5) is 23.2 Å². The second-order valence-electron chi connectivity index (χ2n) is 3.82. The summed E-state index contributed by atoms with van der Waals surface area (Å²) in [6, 6.07) is 3.04. The van der Waals surface area contributed by atoms with Crippen molar-refractivity contribution in [3.8, 4) is 0 Å². The number of hydrogen-bond acceptors (Lipinski definition) is 2. The molecular weight excluding hydrogens is 332 g/mol. The standard InChI is InChI=1S/C11H11BrF4N2O/c1-6(10(19)17-5-11(14,15)16)18-9-4-7(12)2-3-8(9)13/h2-4,6,18H,5H2,1H3,(H,17,19). The molecule has 2 N–H and O–H groups in total. The zero-order valence-corrected chi connectivity index (χ0v) is 11.4. The molecule has 19 heavy (non-hydrogen) atoms. The number of hydrogen-bond donors (Lipinski definition) is 2. The van der Waals surface area contributed by atoms with Gasteiger partial charge in [-0.25, -0.2) is 4.39 Å². The molecule has 0 saturated heterocycles. The number of amides is 1. The lowest BCUT2D eigenvalue weighted by atomic mass is 10.2. The normalized spacial score (nSPS) is 12.9. The van der Waals surface area contributed by atoms with Crippen LogP contribution in [0.5, 0.6) is 0 Å². The van der Waals surface area contributed by atoms with Gasteiger partial charge in [0.2, 0.25) is 5.91 Å². The van der Waals surface area contributed by atoms with Crippen molar-refractivity contribution in [1.29, 1.82) is 0 Å². The molecule has 0 aliphatic rings. The Bertz CT molecular complexity index is 464. The summed E-state index contributed by atoms with van der Waals surface area (Å²) in [5, 5.41) is 4.22. The van der Waals surface area contributed by atoms with E-state index in [0.29, 0.717) is 4.47 Å². The van der Waals surface area contributed by atoms with Gasteiger partial charge in [0.05, 0.1) is 5.69 Å². The molecule has 1 aromatic rings. The molecule has 0 saturated carbocycles. The second kappa shape index (κ2) is 6.23. The van der Waals surface area contributed by atoms with Gasteiger partial charge >= 0.3 is 6.18 Å². The van der Waals surface area contributed by atoms with E-state index >= 15 is 0 Å². The highest BCUT2D eigenvalue weighted by atomic mass is 79.9. The smallest absolute Gasteiger partial charge is 0.371 e. The lowest BCUT2D eigenvalue weighted by Gasteiger charge is -2.16. The zero-order valence-electron chi connectivity index (χ0n) is 9.81. The Morgan fingerprint density at radius 3 is 2.63 bits per heavy atom. The van der Waals surface area contributed by atoms with Crippen LogP contribution in [0, 0.1) is 5.82 Å². The first-order chi connectivity index (χ1) is 8.69. The van der Waals surface area contributed by atoms with Crippen LogP contribution in [0.1, 0.15) is 6.92 Å². The Kier molecular flexibility index (Phi) is 5.16. The molecule has 0 aromatic heterocycles. The largest absolute Gasteiger partial charge is 0.405 e. The molecule has 1 aromatic carbocycles. The summed E-state index contributed by atoms with van der Waals surface area (Å²) in [5.41, 5.74) is 0.0315. The maximum atomic E-state index is 13.4. The van der Waals surface area contributed by atoms with Crippen molar-refractivity contribution in [1.82, 2.24) is 5.32 Å². The molecule has 0 aliphatic carbocycles. The van der Waals surface area contributed by atoms with Crippen LogP contribution < -0.4 is 10.6 Å². The molecule has 0 heterocycles. The number of alkyl halides is 3. The van der Waals surface area contributed by atoms with Crippen molar-refractivity contribution >= 4 is 27.5 Å². The van der Waals surface area contributed by atoms with Crippen LogP contribution in [-0.2, 0) is 4.79 Å². The fourth-order valence-corrected chi connectivity index (χ4v) is 1.61. The van der Waals surface area contributed by atoms with Crippen molar-refractivity contribution < 1.29 is 22.4 Å². The average molecular weight is 343 g/mol. The molecule has 1 unspecified atom stereocenters. The van der Waals surface area contributed by atoms with Gasteiger partial charge in [-0.3, -0.25) is 4.79 Å². The molecule has 0 aliphatic heterocycles. The molecule has 3 nitrogen and oxygen atoms in total. The first-order valence-corrected chi connectivity index (χ1v) is 6.04. The highest BCUT2D eigenvalue weighted by Gasteiger charge is 2.28. The number of carbonyl (C=O) groups excluding carboxylic acids is 1. The lowest BCUT2D eigenvalue weighted by molar-refractivity contribution is -0.138. The fourth-order valence-electron chi connectivity index (χ4n) is 1.25. The maximum Gasteiger partial charge on any atom is 0.405 e. The maximum absolute atomic E-state index is 13.4. The summed E-state index contributed by atoms with van der Waals surface area (Å²) in [6.07, 6.45) is -4.48. The SMILES string of the molecule is CC(Nc1cc(Br)ccc1F)C(=O)NCC(F)(F)F. The minimum atomic E-state index is -4.48. The van der Waals surface area contributed by atoms with Gasteiger partial charge in [0.1, 0.15) is 18.4 Å². The van der Waals surface area contributed by atoms with Crippen LogP contribution >= 0.6 is 15.9 Å². The summed E-state index contributed by atoms with van der Waals surface area (Å²) in [6.45, 7) is -0.0785. The molecule has 1 amide bonds. The molecular formula is C11H11BrF4N2O. The minimum Gasteiger partial charge on any atom is -0.371 e. The number of carbonyl (C=O) groups is 1. The van der Waals surface area contributed by atoms with Crippen molar-refractivity contribution in [3.05, 3.63) is 28.5 Å². The van der Waals surface area contributed by atoms with Crippen molar-refractivity contribution in [2.45, 2.75) is 19.1 Å². The van der Waals surface area contributed by atoms with E-state index in [1.807, 2.05) is 0 Å². The Labute approximate surface area is 115 Å². The van der Waals surface area contributed by atoms with Gasteiger partial charge in [0, 0.05) is 4.47 Å². The quantitative estimate of drug-likeness (QED) is 0.825. The van der Waals surface area contributed by atoms with Gasteiger partial charge in [-0.05, 0) is 25.1 Å². The fraction of sp³-hybridized carbons (Fsp3) is 0.364. The van der Waals surface area contributed by atoms with Crippen LogP contribution in [-0.4, -0.2) is 24.7 Å². The van der Waals surface area contributed by atoms with Crippen molar-refractivity contribution in [2.75, 3.05) is 11.9 Å². The van der Waals surface area contributed by atoms with Gasteiger partial charge in [-0.15, -0.1) is 0 Å². The Morgan fingerprint density at radius 2 is 2.05 bits per heavy atom.